The van der Waals surface area contributed by atoms with Crippen LogP contribution in [-0.4, -0.2) is 6.54 Å². The average molecular weight is 256 g/mol. The van der Waals surface area contributed by atoms with Gasteiger partial charge in [-0.2, -0.15) is 5.26 Å². The molecule has 1 unspecified atom stereocenters. The van der Waals surface area contributed by atoms with Gasteiger partial charge in [0.05, 0.1) is 11.6 Å². The molecule has 2 nitrogen and oxygen atoms in total. The highest BCUT2D eigenvalue weighted by Gasteiger charge is 2.13. The minimum atomic E-state index is 0.372. The van der Waals surface area contributed by atoms with E-state index in [0.717, 1.165) is 18.0 Å². The van der Waals surface area contributed by atoms with Gasteiger partial charge < -0.3 is 5.32 Å². The standard InChI is InChI=1S/C17H24N2/c1-14(17-9-7-16(13-18)8-10-17)19-12-11-15-5-3-2-4-6-15/h7-10,14-15,19H,2-6,11-12H2,1H3. The Balaban J connectivity index is 1.73. The Labute approximate surface area is 116 Å². The molecule has 1 aliphatic rings. The Morgan fingerprint density at radius 2 is 1.89 bits per heavy atom. The predicted octanol–water partition coefficient (Wildman–Crippen LogP) is 4.18. The molecule has 0 aliphatic heterocycles. The summed E-state index contributed by atoms with van der Waals surface area (Å²) in [5.41, 5.74) is 2.00. The van der Waals surface area contributed by atoms with Crippen molar-refractivity contribution in [2.75, 3.05) is 6.54 Å². The molecule has 1 aromatic carbocycles. The zero-order chi connectivity index (χ0) is 13.5. The van der Waals surface area contributed by atoms with Crippen LogP contribution >= 0.6 is 0 Å². The summed E-state index contributed by atoms with van der Waals surface area (Å²) in [6.07, 6.45) is 8.44. The summed E-state index contributed by atoms with van der Waals surface area (Å²) in [5.74, 6) is 0.939. The molecule has 0 spiro atoms. The molecular formula is C17H24N2. The van der Waals surface area contributed by atoms with E-state index in [1.165, 1.54) is 44.1 Å². The van der Waals surface area contributed by atoms with E-state index in [1.807, 2.05) is 12.1 Å². The highest BCUT2D eigenvalue weighted by atomic mass is 14.9. The zero-order valence-electron chi connectivity index (χ0n) is 11.9. The maximum Gasteiger partial charge on any atom is 0.0991 e. The Hall–Kier alpha value is -1.33. The van der Waals surface area contributed by atoms with Gasteiger partial charge in [-0.25, -0.2) is 0 Å². The van der Waals surface area contributed by atoms with Gasteiger partial charge in [-0.1, -0.05) is 44.2 Å². The van der Waals surface area contributed by atoms with Crippen LogP contribution in [-0.2, 0) is 0 Å². The van der Waals surface area contributed by atoms with Gasteiger partial charge in [-0.05, 0) is 43.5 Å². The van der Waals surface area contributed by atoms with E-state index in [-0.39, 0.29) is 0 Å². The van der Waals surface area contributed by atoms with Gasteiger partial charge in [0.1, 0.15) is 0 Å². The summed E-state index contributed by atoms with van der Waals surface area (Å²) >= 11 is 0. The van der Waals surface area contributed by atoms with Crippen LogP contribution in [0.3, 0.4) is 0 Å². The van der Waals surface area contributed by atoms with Crippen molar-refractivity contribution < 1.29 is 0 Å². The van der Waals surface area contributed by atoms with Crippen LogP contribution in [0.15, 0.2) is 24.3 Å². The van der Waals surface area contributed by atoms with E-state index >= 15 is 0 Å². The van der Waals surface area contributed by atoms with E-state index in [0.29, 0.717) is 6.04 Å². The Morgan fingerprint density at radius 1 is 1.21 bits per heavy atom. The second kappa shape index (κ2) is 7.31. The van der Waals surface area contributed by atoms with Crippen molar-refractivity contribution in [3.05, 3.63) is 35.4 Å². The van der Waals surface area contributed by atoms with Crippen molar-refractivity contribution in [1.82, 2.24) is 5.32 Å². The van der Waals surface area contributed by atoms with Crippen molar-refractivity contribution in [1.29, 1.82) is 5.26 Å². The molecule has 19 heavy (non-hydrogen) atoms. The van der Waals surface area contributed by atoms with Gasteiger partial charge in [0.2, 0.25) is 0 Å². The maximum absolute atomic E-state index is 8.79. The molecule has 1 aromatic rings. The largest absolute Gasteiger partial charge is 0.310 e. The van der Waals surface area contributed by atoms with Crippen molar-refractivity contribution >= 4 is 0 Å². The summed E-state index contributed by atoms with van der Waals surface area (Å²) in [6, 6.07) is 10.4. The van der Waals surface area contributed by atoms with E-state index in [4.69, 9.17) is 5.26 Å². The molecular weight excluding hydrogens is 232 g/mol. The summed E-state index contributed by atoms with van der Waals surface area (Å²) < 4.78 is 0. The fourth-order valence-corrected chi connectivity index (χ4v) is 2.94. The number of rotatable bonds is 5. The average Bonchev–Trinajstić information content (AvgIpc) is 2.48. The van der Waals surface area contributed by atoms with Crippen LogP contribution in [0.1, 0.15) is 62.6 Å². The molecule has 0 heterocycles. The van der Waals surface area contributed by atoms with Crippen LogP contribution in [0, 0.1) is 17.2 Å². The highest BCUT2D eigenvalue weighted by Crippen LogP contribution is 2.26. The minimum Gasteiger partial charge on any atom is -0.310 e. The summed E-state index contributed by atoms with van der Waals surface area (Å²) in [4.78, 5) is 0. The van der Waals surface area contributed by atoms with Crippen molar-refractivity contribution in [2.45, 2.75) is 51.5 Å². The van der Waals surface area contributed by atoms with E-state index in [9.17, 15) is 0 Å². The number of nitriles is 1. The van der Waals surface area contributed by atoms with Gasteiger partial charge in [0, 0.05) is 6.04 Å². The molecule has 1 N–H and O–H groups in total. The number of benzene rings is 1. The Morgan fingerprint density at radius 3 is 2.53 bits per heavy atom. The van der Waals surface area contributed by atoms with Crippen LogP contribution < -0.4 is 5.32 Å². The molecule has 0 saturated heterocycles. The van der Waals surface area contributed by atoms with Gasteiger partial charge in [-0.15, -0.1) is 0 Å². The normalized spacial score (nSPS) is 17.9. The lowest BCUT2D eigenvalue weighted by atomic mass is 9.87. The summed E-state index contributed by atoms with van der Waals surface area (Å²) in [5, 5.41) is 12.4. The third-order valence-corrected chi connectivity index (χ3v) is 4.27. The SMILES string of the molecule is CC(NCCC1CCCCC1)c1ccc(C#N)cc1. The molecule has 1 atom stereocenters. The van der Waals surface area contributed by atoms with Crippen LogP contribution in [0.2, 0.25) is 0 Å². The molecule has 102 valence electrons. The van der Waals surface area contributed by atoms with Crippen molar-refractivity contribution in [2.24, 2.45) is 5.92 Å². The number of nitrogens with one attached hydrogen (secondary N) is 1. The first kappa shape index (κ1) is 14.1. The molecule has 0 amide bonds. The smallest absolute Gasteiger partial charge is 0.0991 e. The van der Waals surface area contributed by atoms with Crippen LogP contribution in [0.4, 0.5) is 0 Å². The number of hydrogen-bond donors (Lipinski definition) is 1. The van der Waals surface area contributed by atoms with Gasteiger partial charge in [0.25, 0.3) is 0 Å². The van der Waals surface area contributed by atoms with Crippen molar-refractivity contribution in [3.63, 3.8) is 0 Å². The molecule has 0 radical (unpaired) electrons. The number of nitrogens with zero attached hydrogens (tertiary/aromatic N) is 1. The topological polar surface area (TPSA) is 35.8 Å². The second-order valence-electron chi connectivity index (χ2n) is 5.70. The highest BCUT2D eigenvalue weighted by molar-refractivity contribution is 5.32. The fraction of sp³-hybridized carbons (Fsp3) is 0.588. The lowest BCUT2D eigenvalue weighted by Gasteiger charge is -2.22. The van der Waals surface area contributed by atoms with E-state index in [1.54, 1.807) is 0 Å². The molecule has 2 heteroatoms. The van der Waals surface area contributed by atoms with Gasteiger partial charge in [-0.3, -0.25) is 0 Å². The molecule has 0 aromatic heterocycles. The molecule has 2 rings (SSSR count). The second-order valence-corrected chi connectivity index (χ2v) is 5.70. The fourth-order valence-electron chi connectivity index (χ4n) is 2.94. The quantitative estimate of drug-likeness (QED) is 0.858. The molecule has 1 fully saturated rings. The predicted molar refractivity (Wildman–Crippen MR) is 78.8 cm³/mol. The minimum absolute atomic E-state index is 0.372. The third-order valence-electron chi connectivity index (χ3n) is 4.27. The number of hydrogen-bond acceptors (Lipinski definition) is 2. The first-order chi connectivity index (χ1) is 9.29. The van der Waals surface area contributed by atoms with E-state index in [2.05, 4.69) is 30.4 Å². The van der Waals surface area contributed by atoms with Crippen LogP contribution in [0.5, 0.6) is 0 Å². The van der Waals surface area contributed by atoms with E-state index < -0.39 is 0 Å². The lowest BCUT2D eigenvalue weighted by Crippen LogP contribution is -2.22. The van der Waals surface area contributed by atoms with Gasteiger partial charge in [0.15, 0.2) is 0 Å². The zero-order valence-corrected chi connectivity index (χ0v) is 11.9. The maximum atomic E-state index is 8.79. The third kappa shape index (κ3) is 4.36. The first-order valence-electron chi connectivity index (χ1n) is 7.53. The van der Waals surface area contributed by atoms with Gasteiger partial charge >= 0.3 is 0 Å². The summed E-state index contributed by atoms with van der Waals surface area (Å²) in [6.45, 7) is 3.30. The van der Waals surface area contributed by atoms with Crippen LogP contribution in [0.25, 0.3) is 0 Å². The monoisotopic (exact) mass is 256 g/mol. The first-order valence-corrected chi connectivity index (χ1v) is 7.53. The Kier molecular flexibility index (Phi) is 5.42. The molecule has 0 bridgehead atoms. The Bertz CT molecular complexity index is 410. The lowest BCUT2D eigenvalue weighted by molar-refractivity contribution is 0.329. The van der Waals surface area contributed by atoms with Crippen molar-refractivity contribution in [3.8, 4) is 6.07 Å². The summed E-state index contributed by atoms with van der Waals surface area (Å²) in [7, 11) is 0. The molecule has 1 aliphatic carbocycles. The molecule has 1 saturated carbocycles.